The van der Waals surface area contributed by atoms with Crippen molar-refractivity contribution in [1.82, 2.24) is 4.57 Å². The second kappa shape index (κ2) is 5.59. The van der Waals surface area contributed by atoms with Crippen LogP contribution in [-0.2, 0) is 24.2 Å². The Bertz CT molecular complexity index is 1220. The number of para-hydroxylation sites is 2. The molecule has 5 rings (SSSR count). The highest BCUT2D eigenvalue weighted by Gasteiger charge is 2.17. The molecule has 1 heterocycles. The van der Waals surface area contributed by atoms with Crippen molar-refractivity contribution in [2.24, 2.45) is 0 Å². The van der Waals surface area contributed by atoms with Gasteiger partial charge in [0.25, 0.3) is 0 Å². The Labute approximate surface area is 148 Å². The molecule has 0 atom stereocenters. The molecule has 0 bridgehead atoms. The van der Waals surface area contributed by atoms with Gasteiger partial charge >= 0.3 is 5.76 Å². The van der Waals surface area contributed by atoms with Crippen LogP contribution in [0.3, 0.4) is 0 Å². The zero-order valence-electron chi connectivity index (χ0n) is 14.0. The molecule has 0 spiro atoms. The first-order chi connectivity index (χ1) is 12.7. The Morgan fingerprint density at radius 1 is 1.00 bits per heavy atom. The van der Waals surface area contributed by atoms with Gasteiger partial charge in [-0.2, -0.15) is 0 Å². The number of benzene rings is 3. The topological polar surface area (TPSA) is 64.2 Å². The summed E-state index contributed by atoms with van der Waals surface area (Å²) in [6.07, 6.45) is 2.08. The summed E-state index contributed by atoms with van der Waals surface area (Å²) in [5.74, 6) is -0.779. The van der Waals surface area contributed by atoms with E-state index in [1.165, 1.54) is 21.1 Å². The normalized spacial score (nSPS) is 12.8. The van der Waals surface area contributed by atoms with Gasteiger partial charge in [-0.15, -0.1) is 0 Å². The zero-order chi connectivity index (χ0) is 17.7. The molecule has 5 heteroatoms. The zero-order valence-corrected chi connectivity index (χ0v) is 14.0. The molecule has 1 aromatic heterocycles. The highest BCUT2D eigenvalue weighted by Crippen LogP contribution is 2.34. The predicted molar refractivity (Wildman–Crippen MR) is 100 cm³/mol. The summed E-state index contributed by atoms with van der Waals surface area (Å²) in [5.41, 5.74) is 4.53. The van der Waals surface area contributed by atoms with Crippen molar-refractivity contribution in [2.75, 3.05) is 5.32 Å². The predicted octanol–water partition coefficient (Wildman–Crippen LogP) is 3.49. The van der Waals surface area contributed by atoms with Gasteiger partial charge < -0.3 is 9.73 Å². The summed E-state index contributed by atoms with van der Waals surface area (Å²) in [5, 5.41) is 5.25. The highest BCUT2D eigenvalue weighted by molar-refractivity contribution is 6.05. The SMILES string of the molecule is O=C(Cn1c(=O)oc2ccccc21)Nc1ccc2c3c(cccc13)CC2. The van der Waals surface area contributed by atoms with Crippen molar-refractivity contribution in [2.45, 2.75) is 19.4 Å². The molecular formula is C21H16N2O3. The number of fused-ring (bicyclic) bond motifs is 1. The Morgan fingerprint density at radius 2 is 1.81 bits per heavy atom. The van der Waals surface area contributed by atoms with Crippen molar-refractivity contribution in [3.8, 4) is 0 Å². The Morgan fingerprint density at radius 3 is 2.69 bits per heavy atom. The van der Waals surface area contributed by atoms with Crippen LogP contribution in [0.1, 0.15) is 11.1 Å². The molecule has 1 aliphatic carbocycles. The van der Waals surface area contributed by atoms with Crippen LogP contribution >= 0.6 is 0 Å². The minimum atomic E-state index is -0.526. The maximum Gasteiger partial charge on any atom is 0.420 e. The average molecular weight is 344 g/mol. The molecule has 0 radical (unpaired) electrons. The van der Waals surface area contributed by atoms with Crippen LogP contribution < -0.4 is 11.1 Å². The molecule has 1 aliphatic rings. The maximum absolute atomic E-state index is 12.6. The second-order valence-electron chi connectivity index (χ2n) is 6.58. The van der Waals surface area contributed by atoms with Gasteiger partial charge in [0.1, 0.15) is 6.54 Å². The van der Waals surface area contributed by atoms with Gasteiger partial charge in [-0.05, 0) is 47.6 Å². The number of aryl methyl sites for hydroxylation is 2. The van der Waals surface area contributed by atoms with Crippen LogP contribution in [0.25, 0.3) is 21.9 Å². The summed E-state index contributed by atoms with van der Waals surface area (Å²) < 4.78 is 6.54. The van der Waals surface area contributed by atoms with E-state index in [2.05, 4.69) is 17.4 Å². The first-order valence-electron chi connectivity index (χ1n) is 8.62. The third-order valence-electron chi connectivity index (χ3n) is 5.03. The van der Waals surface area contributed by atoms with Crippen molar-refractivity contribution in [3.05, 3.63) is 76.3 Å². The van der Waals surface area contributed by atoms with E-state index < -0.39 is 5.76 Å². The van der Waals surface area contributed by atoms with Gasteiger partial charge in [0, 0.05) is 11.1 Å². The van der Waals surface area contributed by atoms with Crippen molar-refractivity contribution >= 4 is 33.5 Å². The van der Waals surface area contributed by atoms with Crippen LogP contribution in [-0.4, -0.2) is 10.5 Å². The monoisotopic (exact) mass is 344 g/mol. The van der Waals surface area contributed by atoms with Crippen LogP contribution in [0, 0.1) is 0 Å². The number of hydrogen-bond acceptors (Lipinski definition) is 3. The van der Waals surface area contributed by atoms with Gasteiger partial charge in [0.2, 0.25) is 5.91 Å². The summed E-state index contributed by atoms with van der Waals surface area (Å²) in [6, 6.07) is 17.3. The first kappa shape index (κ1) is 15.0. The van der Waals surface area contributed by atoms with E-state index in [9.17, 15) is 9.59 Å². The van der Waals surface area contributed by atoms with Crippen LogP contribution in [0.15, 0.2) is 63.8 Å². The lowest BCUT2D eigenvalue weighted by Gasteiger charge is -2.11. The lowest BCUT2D eigenvalue weighted by Crippen LogP contribution is -2.24. The molecular weight excluding hydrogens is 328 g/mol. The van der Waals surface area contributed by atoms with E-state index in [0.717, 1.165) is 23.9 Å². The van der Waals surface area contributed by atoms with E-state index in [1.54, 1.807) is 18.2 Å². The number of amides is 1. The molecule has 128 valence electrons. The lowest BCUT2D eigenvalue weighted by atomic mass is 10.0. The summed E-state index contributed by atoms with van der Waals surface area (Å²) in [4.78, 5) is 24.6. The number of nitrogens with zero attached hydrogens (tertiary/aromatic N) is 1. The third-order valence-corrected chi connectivity index (χ3v) is 5.03. The maximum atomic E-state index is 12.6. The van der Waals surface area contributed by atoms with E-state index in [0.29, 0.717) is 11.1 Å². The Balaban J connectivity index is 1.49. The molecule has 3 aromatic carbocycles. The quantitative estimate of drug-likeness (QED) is 0.619. The average Bonchev–Trinajstić information content (AvgIpc) is 3.20. The van der Waals surface area contributed by atoms with Gasteiger partial charge in [0.15, 0.2) is 5.58 Å². The molecule has 0 aliphatic heterocycles. The summed E-state index contributed by atoms with van der Waals surface area (Å²) >= 11 is 0. The lowest BCUT2D eigenvalue weighted by molar-refractivity contribution is -0.116. The fourth-order valence-electron chi connectivity index (χ4n) is 3.85. The number of rotatable bonds is 3. The molecule has 1 amide bonds. The largest absolute Gasteiger partial charge is 0.420 e. The number of oxazole rings is 1. The van der Waals surface area contributed by atoms with Crippen LogP contribution in [0.5, 0.6) is 0 Å². The van der Waals surface area contributed by atoms with E-state index in [-0.39, 0.29) is 12.5 Å². The van der Waals surface area contributed by atoms with Crippen LogP contribution in [0.4, 0.5) is 5.69 Å². The minimum absolute atomic E-state index is 0.0845. The van der Waals surface area contributed by atoms with Crippen molar-refractivity contribution in [3.63, 3.8) is 0 Å². The summed E-state index contributed by atoms with van der Waals surface area (Å²) in [6.45, 7) is -0.0845. The number of aromatic nitrogens is 1. The molecule has 0 unspecified atom stereocenters. The molecule has 5 nitrogen and oxygen atoms in total. The van der Waals surface area contributed by atoms with Gasteiger partial charge in [-0.3, -0.25) is 9.36 Å². The second-order valence-corrected chi connectivity index (χ2v) is 6.58. The van der Waals surface area contributed by atoms with Gasteiger partial charge in [-0.1, -0.05) is 36.4 Å². The molecule has 0 saturated heterocycles. The van der Waals surface area contributed by atoms with Crippen molar-refractivity contribution < 1.29 is 9.21 Å². The molecule has 4 aromatic rings. The molecule has 0 fully saturated rings. The fourth-order valence-corrected chi connectivity index (χ4v) is 3.85. The van der Waals surface area contributed by atoms with E-state index in [1.807, 2.05) is 24.3 Å². The highest BCUT2D eigenvalue weighted by atomic mass is 16.4. The summed E-state index contributed by atoms with van der Waals surface area (Å²) in [7, 11) is 0. The number of hydrogen-bond donors (Lipinski definition) is 1. The van der Waals surface area contributed by atoms with Crippen molar-refractivity contribution in [1.29, 1.82) is 0 Å². The fraction of sp³-hybridized carbons (Fsp3) is 0.143. The molecule has 0 saturated carbocycles. The van der Waals surface area contributed by atoms with Gasteiger partial charge in [-0.25, -0.2) is 4.79 Å². The van der Waals surface area contributed by atoms with E-state index >= 15 is 0 Å². The number of carbonyl (C=O) groups is 1. The smallest absolute Gasteiger partial charge is 0.408 e. The Hall–Kier alpha value is -3.34. The third kappa shape index (κ3) is 2.24. The number of anilines is 1. The number of carbonyl (C=O) groups excluding carboxylic acids is 1. The molecule has 26 heavy (non-hydrogen) atoms. The first-order valence-corrected chi connectivity index (χ1v) is 8.62. The van der Waals surface area contributed by atoms with E-state index in [4.69, 9.17) is 4.42 Å². The Kier molecular flexibility index (Phi) is 3.22. The number of nitrogens with one attached hydrogen (secondary N) is 1. The minimum Gasteiger partial charge on any atom is -0.408 e. The van der Waals surface area contributed by atoms with Crippen LogP contribution in [0.2, 0.25) is 0 Å². The standard InChI is InChI=1S/C21H16N2O3/c24-19(12-23-17-6-1-2-7-18(17)26-21(23)25)22-16-11-10-14-9-8-13-4-3-5-15(16)20(13)14/h1-7,10-11H,8-9,12H2,(H,22,24). The molecule has 1 N–H and O–H groups in total. The van der Waals surface area contributed by atoms with Gasteiger partial charge in [0.05, 0.1) is 5.52 Å².